The molecule has 2 aliphatic heterocycles. The summed E-state index contributed by atoms with van der Waals surface area (Å²) in [4.78, 5) is 33.3. The lowest BCUT2D eigenvalue weighted by atomic mass is 9.68. The maximum absolute atomic E-state index is 13.8. The summed E-state index contributed by atoms with van der Waals surface area (Å²) >= 11 is 0. The Morgan fingerprint density at radius 3 is 2.44 bits per heavy atom. The molecule has 2 heterocycles. The molecule has 27 heavy (non-hydrogen) atoms. The fourth-order valence-corrected chi connectivity index (χ4v) is 5.75. The predicted molar refractivity (Wildman–Crippen MR) is 106 cm³/mol. The largest absolute Gasteiger partial charge is 0.339 e. The predicted octanol–water partition coefficient (Wildman–Crippen LogP) is 3.16. The van der Waals surface area contributed by atoms with E-state index < -0.39 is 5.41 Å². The van der Waals surface area contributed by atoms with Gasteiger partial charge in [0.15, 0.2) is 0 Å². The molecule has 4 aliphatic rings. The van der Waals surface area contributed by atoms with Crippen molar-refractivity contribution in [1.82, 2.24) is 14.7 Å². The summed E-state index contributed by atoms with van der Waals surface area (Å²) in [6.07, 6.45) is 11.1. The van der Waals surface area contributed by atoms with Gasteiger partial charge in [-0.1, -0.05) is 18.9 Å². The van der Waals surface area contributed by atoms with Crippen molar-refractivity contribution in [3.05, 3.63) is 11.8 Å². The molecule has 0 spiro atoms. The number of piperazine rings is 1. The van der Waals surface area contributed by atoms with Crippen LogP contribution in [0.4, 0.5) is 0 Å². The van der Waals surface area contributed by atoms with Crippen LogP contribution in [0.25, 0.3) is 0 Å². The van der Waals surface area contributed by atoms with Crippen molar-refractivity contribution in [2.45, 2.75) is 83.7 Å². The lowest BCUT2D eigenvalue weighted by Crippen LogP contribution is -2.59. The summed E-state index contributed by atoms with van der Waals surface area (Å²) in [6.45, 7) is 8.02. The monoisotopic (exact) mass is 373 g/mol. The van der Waals surface area contributed by atoms with Crippen molar-refractivity contribution in [3.63, 3.8) is 0 Å². The van der Waals surface area contributed by atoms with Gasteiger partial charge in [0.1, 0.15) is 0 Å². The Bertz CT molecular complexity index is 615. The molecule has 2 saturated heterocycles. The summed E-state index contributed by atoms with van der Waals surface area (Å²) in [6, 6.07) is 0.864. The molecule has 2 amide bonds. The zero-order valence-electron chi connectivity index (χ0n) is 17.1. The lowest BCUT2D eigenvalue weighted by molar-refractivity contribution is -0.150. The van der Waals surface area contributed by atoms with Gasteiger partial charge in [0.05, 0.1) is 5.41 Å². The van der Waals surface area contributed by atoms with Crippen molar-refractivity contribution in [3.8, 4) is 0 Å². The van der Waals surface area contributed by atoms with Gasteiger partial charge >= 0.3 is 0 Å². The minimum atomic E-state index is -0.436. The topological polar surface area (TPSA) is 43.9 Å². The average Bonchev–Trinajstić information content (AvgIpc) is 3.21. The number of rotatable bonds is 3. The summed E-state index contributed by atoms with van der Waals surface area (Å²) in [5.74, 6) is 0.551. The first-order valence-electron chi connectivity index (χ1n) is 11.1. The number of allylic oxidation sites excluding steroid dienone is 1. The van der Waals surface area contributed by atoms with E-state index in [0.717, 1.165) is 64.0 Å². The molecule has 2 aliphatic carbocycles. The zero-order chi connectivity index (χ0) is 19.0. The first-order valence-corrected chi connectivity index (χ1v) is 11.1. The maximum atomic E-state index is 13.8. The third-order valence-electron chi connectivity index (χ3n) is 7.36. The van der Waals surface area contributed by atoms with Crippen molar-refractivity contribution in [2.24, 2.45) is 5.41 Å². The normalized spacial score (nSPS) is 30.6. The van der Waals surface area contributed by atoms with Gasteiger partial charge in [-0.3, -0.25) is 14.5 Å². The van der Waals surface area contributed by atoms with Crippen molar-refractivity contribution < 1.29 is 9.59 Å². The summed E-state index contributed by atoms with van der Waals surface area (Å²) in [7, 11) is 0. The number of nitrogens with zero attached hydrogens (tertiary/aromatic N) is 3. The van der Waals surface area contributed by atoms with Crippen molar-refractivity contribution in [1.29, 1.82) is 0 Å². The molecule has 0 bridgehead atoms. The van der Waals surface area contributed by atoms with Crippen molar-refractivity contribution >= 4 is 11.8 Å². The highest BCUT2D eigenvalue weighted by molar-refractivity contribution is 5.91. The van der Waals surface area contributed by atoms with Crippen LogP contribution in [0.2, 0.25) is 0 Å². The van der Waals surface area contributed by atoms with Gasteiger partial charge in [0.2, 0.25) is 11.8 Å². The second-order valence-electron chi connectivity index (χ2n) is 9.19. The second-order valence-corrected chi connectivity index (χ2v) is 9.19. The molecule has 3 fully saturated rings. The number of carbonyl (C=O) groups excluding carboxylic acids is 2. The Hall–Kier alpha value is -1.36. The fraction of sp³-hybridized carbons (Fsp3) is 0.818. The number of carbonyl (C=O) groups is 2. The molecular weight excluding hydrogens is 338 g/mol. The molecular formula is C22H35N3O2. The van der Waals surface area contributed by atoms with Gasteiger partial charge in [-0.15, -0.1) is 0 Å². The minimum absolute atomic E-state index is 0.253. The SMILES string of the molecule is CC(C)N1CCN(C(=O)C23CCCC=C2N(C2CCCC2)C(=O)CC3)CC1. The van der Waals surface area contributed by atoms with Crippen LogP contribution in [0, 0.1) is 5.41 Å². The number of piperidine rings is 1. The van der Waals surface area contributed by atoms with E-state index in [-0.39, 0.29) is 5.91 Å². The number of hydrogen-bond acceptors (Lipinski definition) is 3. The van der Waals surface area contributed by atoms with Crippen LogP contribution < -0.4 is 0 Å². The van der Waals surface area contributed by atoms with Gasteiger partial charge in [-0.25, -0.2) is 0 Å². The Labute approximate surface area is 163 Å². The minimum Gasteiger partial charge on any atom is -0.339 e. The second kappa shape index (κ2) is 7.57. The summed E-state index contributed by atoms with van der Waals surface area (Å²) < 4.78 is 0. The summed E-state index contributed by atoms with van der Waals surface area (Å²) in [5, 5.41) is 0. The van der Waals surface area contributed by atoms with E-state index in [9.17, 15) is 9.59 Å². The third-order valence-corrected chi connectivity index (χ3v) is 7.36. The molecule has 1 saturated carbocycles. The van der Waals surface area contributed by atoms with E-state index in [0.29, 0.717) is 30.8 Å². The number of fused-ring (bicyclic) bond motifs is 1. The highest BCUT2D eigenvalue weighted by atomic mass is 16.2. The molecule has 4 rings (SSSR count). The van der Waals surface area contributed by atoms with Gasteiger partial charge in [-0.05, 0) is 52.4 Å². The molecule has 150 valence electrons. The Morgan fingerprint density at radius 2 is 1.78 bits per heavy atom. The molecule has 0 N–H and O–H groups in total. The van der Waals surface area contributed by atoms with E-state index in [4.69, 9.17) is 0 Å². The molecule has 0 aromatic carbocycles. The van der Waals surface area contributed by atoms with E-state index >= 15 is 0 Å². The van der Waals surface area contributed by atoms with Crippen LogP contribution in [-0.2, 0) is 9.59 Å². The number of likely N-dealkylation sites (tertiary alicyclic amines) is 1. The highest BCUT2D eigenvalue weighted by Gasteiger charge is 2.52. The first kappa shape index (κ1) is 19.0. The standard InChI is InChI=1S/C22H35N3O2/c1-17(2)23-13-15-24(16-14-23)21(27)22-11-6-5-9-19(22)25(20(26)10-12-22)18-7-3-4-8-18/h9,17-18H,3-8,10-16H2,1-2H3. The van der Waals surface area contributed by atoms with Crippen LogP contribution in [0.1, 0.15) is 71.6 Å². The lowest BCUT2D eigenvalue weighted by Gasteiger charge is -2.50. The van der Waals surface area contributed by atoms with E-state index in [1.807, 2.05) is 0 Å². The van der Waals surface area contributed by atoms with Gasteiger partial charge in [-0.2, -0.15) is 0 Å². The van der Waals surface area contributed by atoms with E-state index in [1.165, 1.54) is 12.8 Å². The van der Waals surface area contributed by atoms with Gasteiger partial charge in [0, 0.05) is 50.4 Å². The van der Waals surface area contributed by atoms with Crippen molar-refractivity contribution in [2.75, 3.05) is 26.2 Å². The molecule has 1 atom stereocenters. The molecule has 0 aromatic rings. The smallest absolute Gasteiger partial charge is 0.234 e. The summed E-state index contributed by atoms with van der Waals surface area (Å²) in [5.41, 5.74) is 0.641. The van der Waals surface area contributed by atoms with Gasteiger partial charge in [0.25, 0.3) is 0 Å². The quantitative estimate of drug-likeness (QED) is 0.763. The van der Waals surface area contributed by atoms with Crippen LogP contribution in [0.5, 0.6) is 0 Å². The third kappa shape index (κ3) is 3.32. The van der Waals surface area contributed by atoms with Crippen LogP contribution in [-0.4, -0.2) is 64.8 Å². The molecule has 1 unspecified atom stereocenters. The van der Waals surface area contributed by atoms with Crippen LogP contribution >= 0.6 is 0 Å². The van der Waals surface area contributed by atoms with E-state index in [2.05, 4.69) is 34.6 Å². The van der Waals surface area contributed by atoms with Crippen LogP contribution in [0.15, 0.2) is 11.8 Å². The maximum Gasteiger partial charge on any atom is 0.234 e. The highest BCUT2D eigenvalue weighted by Crippen LogP contribution is 2.50. The molecule has 0 radical (unpaired) electrons. The number of amides is 2. The fourth-order valence-electron chi connectivity index (χ4n) is 5.75. The Balaban J connectivity index is 1.58. The Kier molecular flexibility index (Phi) is 5.32. The molecule has 5 heteroatoms. The van der Waals surface area contributed by atoms with Crippen LogP contribution in [0.3, 0.4) is 0 Å². The molecule has 5 nitrogen and oxygen atoms in total. The van der Waals surface area contributed by atoms with Gasteiger partial charge < -0.3 is 9.80 Å². The number of hydrogen-bond donors (Lipinski definition) is 0. The van der Waals surface area contributed by atoms with E-state index in [1.54, 1.807) is 0 Å². The Morgan fingerprint density at radius 1 is 1.07 bits per heavy atom. The first-order chi connectivity index (χ1) is 13.0. The zero-order valence-corrected chi connectivity index (χ0v) is 17.1. The average molecular weight is 374 g/mol. The molecule has 0 aromatic heterocycles.